The van der Waals surface area contributed by atoms with Crippen LogP contribution in [0, 0.1) is 0 Å². The van der Waals surface area contributed by atoms with Gasteiger partial charge in [-0.25, -0.2) is 8.42 Å². The second-order valence-corrected chi connectivity index (χ2v) is 18.9. The third kappa shape index (κ3) is 23.3. The summed E-state index contributed by atoms with van der Waals surface area (Å²) in [7, 11) is -9.32. The topological polar surface area (TPSA) is 173 Å². The standard InChI is InChI=1S/2C25H36O5S.Ca/c2*1-2-3-4-5-6-7-8-9-10-11-12-15-21-16-13-14-17-23(21)30-24-19-18-22(26)20-25(24)31(27,28)29;/h2*13-14,16-20,26H,2-12,15H2,1H3,(H,27,28,29);/q;;+2/p-2. The predicted octanol–water partition coefficient (Wildman–Crippen LogP) is 13.2. The van der Waals surface area contributed by atoms with Crippen molar-refractivity contribution in [1.82, 2.24) is 0 Å². The number of hydrogen-bond donors (Lipinski definition) is 2. The van der Waals surface area contributed by atoms with Crippen molar-refractivity contribution in [3.63, 3.8) is 0 Å². The van der Waals surface area contributed by atoms with Gasteiger partial charge in [-0.05, 0) is 73.2 Å². The molecule has 344 valence electrons. The molecule has 4 aromatic carbocycles. The van der Waals surface area contributed by atoms with Crippen molar-refractivity contribution in [2.45, 2.75) is 178 Å². The first-order valence-electron chi connectivity index (χ1n) is 22.9. The minimum atomic E-state index is -4.80. The minimum Gasteiger partial charge on any atom is -0.872 e. The number of aromatic hydroxyl groups is 1. The maximum atomic E-state index is 11.6. The summed E-state index contributed by atoms with van der Waals surface area (Å²) in [5.41, 5.74) is 1.95. The molecule has 13 heteroatoms. The van der Waals surface area contributed by atoms with E-state index in [0.29, 0.717) is 11.5 Å². The summed E-state index contributed by atoms with van der Waals surface area (Å²) in [4.78, 5) is -1.07. The van der Waals surface area contributed by atoms with Gasteiger partial charge in [-0.2, -0.15) is 8.42 Å². The molecule has 0 unspecified atom stereocenters. The zero-order valence-corrected chi connectivity index (χ0v) is 41.6. The van der Waals surface area contributed by atoms with Crippen molar-refractivity contribution >= 4 is 58.0 Å². The Labute approximate surface area is 408 Å². The molecule has 63 heavy (non-hydrogen) atoms. The van der Waals surface area contributed by atoms with Gasteiger partial charge in [0.25, 0.3) is 10.1 Å². The molecular weight excluding hydrogens is 865 g/mol. The molecule has 4 aromatic rings. The van der Waals surface area contributed by atoms with Gasteiger partial charge in [0, 0.05) is 6.07 Å². The first-order chi connectivity index (χ1) is 29.8. The van der Waals surface area contributed by atoms with Crippen LogP contribution in [-0.4, -0.2) is 68.8 Å². The van der Waals surface area contributed by atoms with Crippen molar-refractivity contribution in [3.05, 3.63) is 96.1 Å². The Morgan fingerprint density at radius 3 is 1.24 bits per heavy atom. The van der Waals surface area contributed by atoms with Gasteiger partial charge in [0.05, 0.1) is 4.90 Å². The third-order valence-corrected chi connectivity index (χ3v) is 12.6. The van der Waals surface area contributed by atoms with E-state index in [1.807, 2.05) is 30.3 Å². The molecule has 0 heterocycles. The van der Waals surface area contributed by atoms with E-state index < -0.39 is 35.8 Å². The number of phenolic OH excluding ortho intramolecular Hbond substituents is 1. The molecule has 10 nitrogen and oxygen atoms in total. The van der Waals surface area contributed by atoms with Crippen molar-refractivity contribution in [2.24, 2.45) is 0 Å². The molecule has 0 saturated carbocycles. The van der Waals surface area contributed by atoms with Crippen LogP contribution in [0.4, 0.5) is 0 Å². The molecule has 0 aliphatic rings. The molecule has 0 radical (unpaired) electrons. The summed E-state index contributed by atoms with van der Waals surface area (Å²) in [5.74, 6) is 0.154. The number of unbranched alkanes of at least 4 members (excludes halogenated alkanes) is 20. The van der Waals surface area contributed by atoms with E-state index in [2.05, 4.69) is 13.8 Å². The van der Waals surface area contributed by atoms with E-state index in [4.69, 9.17) is 9.47 Å². The Morgan fingerprint density at radius 2 is 0.841 bits per heavy atom. The number of phenols is 1. The van der Waals surface area contributed by atoms with E-state index >= 15 is 0 Å². The second-order valence-electron chi connectivity index (χ2n) is 16.2. The Bertz CT molecular complexity index is 1940. The smallest absolute Gasteiger partial charge is 0.872 e. The van der Waals surface area contributed by atoms with Gasteiger partial charge >= 0.3 is 37.7 Å². The van der Waals surface area contributed by atoms with Gasteiger partial charge in [-0.15, -0.1) is 5.75 Å². The zero-order chi connectivity index (χ0) is 45.1. The Morgan fingerprint density at radius 1 is 0.476 bits per heavy atom. The van der Waals surface area contributed by atoms with Gasteiger partial charge in [0.2, 0.25) is 0 Å². The average molecular weight is 935 g/mol. The quantitative estimate of drug-likeness (QED) is 0.0291. The number of rotatable bonds is 30. The van der Waals surface area contributed by atoms with Crippen LogP contribution in [0.2, 0.25) is 0 Å². The van der Waals surface area contributed by atoms with Crippen LogP contribution in [-0.2, 0) is 33.1 Å². The molecule has 0 aliphatic carbocycles. The number of aryl methyl sites for hydroxylation is 2. The van der Waals surface area contributed by atoms with E-state index in [0.717, 1.165) is 61.8 Å². The first-order valence-corrected chi connectivity index (χ1v) is 25.8. The first kappa shape index (κ1) is 56.3. The van der Waals surface area contributed by atoms with Crippen LogP contribution in [0.3, 0.4) is 0 Å². The Hall–Kier alpha value is -2.84. The molecule has 0 amide bonds. The van der Waals surface area contributed by atoms with Crippen molar-refractivity contribution < 1.29 is 45.6 Å². The van der Waals surface area contributed by atoms with Crippen molar-refractivity contribution in [1.29, 1.82) is 0 Å². The summed E-state index contributed by atoms with van der Waals surface area (Å²) >= 11 is 0. The van der Waals surface area contributed by atoms with Crippen LogP contribution in [0.1, 0.15) is 166 Å². The van der Waals surface area contributed by atoms with Gasteiger partial charge in [0.1, 0.15) is 43.8 Å². The summed E-state index contributed by atoms with van der Waals surface area (Å²) in [6.45, 7) is 4.48. The molecule has 0 aliphatic heterocycles. The van der Waals surface area contributed by atoms with E-state index in [9.17, 15) is 36.2 Å². The molecule has 2 N–H and O–H groups in total. The number of benzene rings is 4. The molecule has 0 saturated heterocycles. The van der Waals surface area contributed by atoms with Gasteiger partial charge < -0.3 is 24.2 Å². The largest absolute Gasteiger partial charge is 2.00 e. The average Bonchev–Trinajstić information content (AvgIpc) is 3.23. The second kappa shape index (κ2) is 31.9. The normalized spacial score (nSPS) is 11.4. The molecule has 0 aromatic heterocycles. The molecular formula is C50H70CaO10S2. The van der Waals surface area contributed by atoms with Crippen LogP contribution in [0.15, 0.2) is 94.7 Å². The fourth-order valence-corrected chi connectivity index (χ4v) is 8.62. The maximum absolute atomic E-state index is 11.6. The summed E-state index contributed by atoms with van der Waals surface area (Å²) in [6.07, 6.45) is 29.7. The fourth-order valence-electron chi connectivity index (χ4n) is 7.37. The maximum Gasteiger partial charge on any atom is 2.00 e. The van der Waals surface area contributed by atoms with Gasteiger partial charge in [-0.1, -0.05) is 185 Å². The number of para-hydroxylation sites is 2. The number of hydrogen-bond acceptors (Lipinski definition) is 9. The summed E-state index contributed by atoms with van der Waals surface area (Å²) in [6, 6.07) is 21.8. The van der Waals surface area contributed by atoms with Gasteiger partial charge in [-0.3, -0.25) is 4.55 Å². The van der Waals surface area contributed by atoms with E-state index in [1.165, 1.54) is 140 Å². The monoisotopic (exact) mass is 934 g/mol. The van der Waals surface area contributed by atoms with Gasteiger partial charge in [0.15, 0.2) is 0 Å². The molecule has 4 rings (SSSR count). The molecule has 0 bridgehead atoms. The summed E-state index contributed by atoms with van der Waals surface area (Å²) in [5, 5.41) is 21.0. The fraction of sp³-hybridized carbons (Fsp3) is 0.520. The van der Waals surface area contributed by atoms with E-state index in [1.54, 1.807) is 18.2 Å². The Kier molecular flexibility index (Phi) is 28.5. The van der Waals surface area contributed by atoms with Crippen molar-refractivity contribution in [2.75, 3.05) is 0 Å². The number of ether oxygens (including phenoxy) is 2. The Balaban J connectivity index is 0.000000427. The SMILES string of the molecule is CCCCCCCCCCCCCc1ccccc1Oc1ccc(O)cc1S(=O)(=O)O.CCCCCCCCCCCCCc1ccccc1Oc1ccc([O-])cc1S(=O)(=O)[O-].[Ca+2]. The minimum absolute atomic E-state index is 0. The summed E-state index contributed by atoms with van der Waals surface area (Å²) < 4.78 is 78.7. The zero-order valence-electron chi connectivity index (χ0n) is 37.7. The molecule has 0 atom stereocenters. The van der Waals surface area contributed by atoms with Crippen molar-refractivity contribution in [3.8, 4) is 34.5 Å². The van der Waals surface area contributed by atoms with Crippen LogP contribution in [0.25, 0.3) is 0 Å². The van der Waals surface area contributed by atoms with Crippen LogP contribution in [0.5, 0.6) is 34.5 Å². The molecule has 0 spiro atoms. The van der Waals surface area contributed by atoms with Crippen LogP contribution >= 0.6 is 0 Å². The molecule has 0 fully saturated rings. The third-order valence-electron chi connectivity index (χ3n) is 10.9. The van der Waals surface area contributed by atoms with E-state index in [-0.39, 0.29) is 55.0 Å². The van der Waals surface area contributed by atoms with Crippen LogP contribution < -0.4 is 14.6 Å². The predicted molar refractivity (Wildman–Crippen MR) is 251 cm³/mol.